The highest BCUT2D eigenvalue weighted by molar-refractivity contribution is 9.10. The number of carbonyl (C=O) groups excluding carboxylic acids is 1. The summed E-state index contributed by atoms with van der Waals surface area (Å²) in [4.78, 5) is 13.6. The fourth-order valence-corrected chi connectivity index (χ4v) is 2.50. The van der Waals surface area contributed by atoms with E-state index in [0.717, 1.165) is 10.0 Å². The molecule has 0 spiro atoms. The van der Waals surface area contributed by atoms with Crippen molar-refractivity contribution in [1.82, 2.24) is 4.90 Å². The third-order valence-electron chi connectivity index (χ3n) is 2.99. The zero-order valence-corrected chi connectivity index (χ0v) is 10.8. The molecule has 1 amide bonds. The van der Waals surface area contributed by atoms with Crippen LogP contribution in [0.5, 0.6) is 0 Å². The van der Waals surface area contributed by atoms with Crippen molar-refractivity contribution in [2.75, 3.05) is 6.54 Å². The summed E-state index contributed by atoms with van der Waals surface area (Å²) < 4.78 is 1.03. The van der Waals surface area contributed by atoms with E-state index in [0.29, 0.717) is 13.0 Å². The van der Waals surface area contributed by atoms with E-state index >= 15 is 0 Å². The van der Waals surface area contributed by atoms with Crippen LogP contribution in [0.4, 0.5) is 0 Å². The van der Waals surface area contributed by atoms with Gasteiger partial charge in [0.1, 0.15) is 0 Å². The van der Waals surface area contributed by atoms with Crippen LogP contribution in [0.25, 0.3) is 0 Å². The van der Waals surface area contributed by atoms with Crippen molar-refractivity contribution >= 4 is 21.8 Å². The molecular formula is C12H15BrN2O. The summed E-state index contributed by atoms with van der Waals surface area (Å²) in [6.07, 6.45) is 0.471. The standard InChI is InChI=1S/C12H15BrN2O/c1-8(9-3-2-4-10(13)5-9)15-7-11(14)6-12(15)16/h2-5,8,11H,6-7,14H2,1H3. The Hall–Kier alpha value is -0.870. The number of nitrogens with two attached hydrogens (primary N) is 1. The molecule has 1 aromatic carbocycles. The monoisotopic (exact) mass is 282 g/mol. The molecule has 0 aliphatic carbocycles. The molecule has 86 valence electrons. The van der Waals surface area contributed by atoms with Crippen molar-refractivity contribution in [1.29, 1.82) is 0 Å². The van der Waals surface area contributed by atoms with Crippen molar-refractivity contribution in [2.45, 2.75) is 25.4 Å². The third-order valence-corrected chi connectivity index (χ3v) is 3.48. The molecule has 2 atom stereocenters. The molecule has 1 aliphatic rings. The smallest absolute Gasteiger partial charge is 0.224 e. The van der Waals surface area contributed by atoms with Gasteiger partial charge in [-0.25, -0.2) is 0 Å². The molecule has 1 aromatic rings. The van der Waals surface area contributed by atoms with Gasteiger partial charge in [0.25, 0.3) is 0 Å². The Balaban J connectivity index is 2.19. The predicted octanol–water partition coefficient (Wildman–Crippen LogP) is 2.07. The highest BCUT2D eigenvalue weighted by atomic mass is 79.9. The Morgan fingerprint density at radius 1 is 1.56 bits per heavy atom. The molecule has 2 rings (SSSR count). The molecule has 3 nitrogen and oxygen atoms in total. The second kappa shape index (κ2) is 4.55. The maximum atomic E-state index is 11.7. The fourth-order valence-electron chi connectivity index (χ4n) is 2.08. The van der Waals surface area contributed by atoms with Crippen LogP contribution in [-0.4, -0.2) is 23.4 Å². The third kappa shape index (κ3) is 2.28. The lowest BCUT2D eigenvalue weighted by molar-refractivity contribution is -0.129. The lowest BCUT2D eigenvalue weighted by Crippen LogP contribution is -2.30. The summed E-state index contributed by atoms with van der Waals surface area (Å²) in [7, 11) is 0. The summed E-state index contributed by atoms with van der Waals surface area (Å²) in [6, 6.07) is 8.12. The van der Waals surface area contributed by atoms with Gasteiger partial charge in [0.05, 0.1) is 6.04 Å². The fraction of sp³-hybridized carbons (Fsp3) is 0.417. The average Bonchev–Trinajstić information content (AvgIpc) is 2.57. The lowest BCUT2D eigenvalue weighted by atomic mass is 10.1. The van der Waals surface area contributed by atoms with Crippen LogP contribution in [0.3, 0.4) is 0 Å². The number of rotatable bonds is 2. The number of hydrogen-bond acceptors (Lipinski definition) is 2. The summed E-state index contributed by atoms with van der Waals surface area (Å²) in [6.45, 7) is 2.70. The van der Waals surface area contributed by atoms with Crippen LogP contribution >= 0.6 is 15.9 Å². The Labute approximate surface area is 104 Å². The van der Waals surface area contributed by atoms with E-state index in [1.54, 1.807) is 0 Å². The van der Waals surface area contributed by atoms with Crippen LogP contribution in [0, 0.1) is 0 Å². The summed E-state index contributed by atoms with van der Waals surface area (Å²) >= 11 is 3.44. The molecule has 0 radical (unpaired) electrons. The van der Waals surface area contributed by atoms with Gasteiger partial charge >= 0.3 is 0 Å². The van der Waals surface area contributed by atoms with E-state index in [9.17, 15) is 4.79 Å². The molecule has 1 heterocycles. The predicted molar refractivity (Wildman–Crippen MR) is 66.9 cm³/mol. The van der Waals surface area contributed by atoms with Gasteiger partial charge in [-0.2, -0.15) is 0 Å². The first-order chi connectivity index (χ1) is 7.58. The Kier molecular flexibility index (Phi) is 3.30. The van der Waals surface area contributed by atoms with Crippen LogP contribution in [-0.2, 0) is 4.79 Å². The van der Waals surface area contributed by atoms with Gasteiger partial charge in [-0.3, -0.25) is 4.79 Å². The van der Waals surface area contributed by atoms with Gasteiger partial charge in [-0.1, -0.05) is 28.1 Å². The van der Waals surface area contributed by atoms with Crippen molar-refractivity contribution in [3.63, 3.8) is 0 Å². The minimum absolute atomic E-state index is 0.0119. The Morgan fingerprint density at radius 2 is 2.31 bits per heavy atom. The van der Waals surface area contributed by atoms with Crippen molar-refractivity contribution < 1.29 is 4.79 Å². The molecule has 1 aliphatic heterocycles. The van der Waals surface area contributed by atoms with Gasteiger partial charge < -0.3 is 10.6 Å². The van der Waals surface area contributed by atoms with Gasteiger partial charge in [0.2, 0.25) is 5.91 Å². The molecule has 2 N–H and O–H groups in total. The summed E-state index contributed by atoms with van der Waals surface area (Å²) in [5.74, 6) is 0.153. The highest BCUT2D eigenvalue weighted by Gasteiger charge is 2.30. The number of carbonyl (C=O) groups is 1. The van der Waals surface area contributed by atoms with E-state index in [4.69, 9.17) is 5.73 Å². The molecule has 0 bridgehead atoms. The first-order valence-electron chi connectivity index (χ1n) is 5.38. The zero-order valence-electron chi connectivity index (χ0n) is 9.19. The molecule has 16 heavy (non-hydrogen) atoms. The topological polar surface area (TPSA) is 46.3 Å². The maximum absolute atomic E-state index is 11.7. The van der Waals surface area contributed by atoms with Gasteiger partial charge in [-0.15, -0.1) is 0 Å². The Morgan fingerprint density at radius 3 is 2.88 bits per heavy atom. The van der Waals surface area contributed by atoms with E-state index in [-0.39, 0.29) is 18.0 Å². The number of nitrogens with zero attached hydrogens (tertiary/aromatic N) is 1. The average molecular weight is 283 g/mol. The number of hydrogen-bond donors (Lipinski definition) is 1. The summed E-state index contributed by atoms with van der Waals surface area (Å²) in [5, 5.41) is 0. The molecule has 1 fully saturated rings. The molecule has 0 aromatic heterocycles. The second-order valence-electron chi connectivity index (χ2n) is 4.24. The molecule has 2 unspecified atom stereocenters. The molecule has 0 saturated carbocycles. The largest absolute Gasteiger partial charge is 0.334 e. The normalized spacial score (nSPS) is 22.6. The Bertz CT molecular complexity index is 408. The number of amides is 1. The minimum atomic E-state index is -0.0119. The number of benzene rings is 1. The summed E-state index contributed by atoms with van der Waals surface area (Å²) in [5.41, 5.74) is 6.93. The van der Waals surface area contributed by atoms with E-state index in [1.165, 1.54) is 0 Å². The maximum Gasteiger partial charge on any atom is 0.224 e. The van der Waals surface area contributed by atoms with Crippen molar-refractivity contribution in [3.8, 4) is 0 Å². The first-order valence-corrected chi connectivity index (χ1v) is 6.17. The van der Waals surface area contributed by atoms with Gasteiger partial charge in [-0.05, 0) is 24.6 Å². The first kappa shape index (κ1) is 11.6. The minimum Gasteiger partial charge on any atom is -0.334 e. The second-order valence-corrected chi connectivity index (χ2v) is 5.16. The van der Waals surface area contributed by atoms with Crippen molar-refractivity contribution in [3.05, 3.63) is 34.3 Å². The highest BCUT2D eigenvalue weighted by Crippen LogP contribution is 2.26. The lowest BCUT2D eigenvalue weighted by Gasteiger charge is -2.25. The molecular weight excluding hydrogens is 268 g/mol. The van der Waals surface area contributed by atoms with Crippen LogP contribution in [0.2, 0.25) is 0 Å². The quantitative estimate of drug-likeness (QED) is 0.903. The number of likely N-dealkylation sites (tertiary alicyclic amines) is 1. The van der Waals surface area contributed by atoms with Crippen LogP contribution in [0.15, 0.2) is 28.7 Å². The SMILES string of the molecule is CC(c1cccc(Br)c1)N1CC(N)CC1=O. The van der Waals surface area contributed by atoms with Crippen LogP contribution in [0.1, 0.15) is 24.9 Å². The van der Waals surface area contributed by atoms with E-state index in [1.807, 2.05) is 36.1 Å². The molecule has 4 heteroatoms. The van der Waals surface area contributed by atoms with Crippen molar-refractivity contribution in [2.24, 2.45) is 5.73 Å². The zero-order chi connectivity index (χ0) is 11.7. The van der Waals surface area contributed by atoms with Crippen LogP contribution < -0.4 is 5.73 Å². The van der Waals surface area contributed by atoms with Gasteiger partial charge in [0.15, 0.2) is 0 Å². The van der Waals surface area contributed by atoms with E-state index in [2.05, 4.69) is 15.9 Å². The number of halogens is 1. The molecule has 1 saturated heterocycles. The van der Waals surface area contributed by atoms with E-state index < -0.39 is 0 Å². The van der Waals surface area contributed by atoms with Gasteiger partial charge in [0, 0.05) is 23.5 Å².